The molecule has 1 heterocycles. The van der Waals surface area contributed by atoms with Crippen molar-refractivity contribution < 1.29 is 0 Å². The second-order valence-corrected chi connectivity index (χ2v) is 6.26. The molecule has 0 bridgehead atoms. The number of hydrogen-bond donors (Lipinski definition) is 1. The van der Waals surface area contributed by atoms with Crippen LogP contribution in [0.4, 0.5) is 0 Å². The van der Waals surface area contributed by atoms with E-state index in [-0.39, 0.29) is 0 Å². The summed E-state index contributed by atoms with van der Waals surface area (Å²) in [5, 5.41) is 0. The first-order chi connectivity index (χ1) is 6.58. The second-order valence-electron chi connectivity index (χ2n) is 3.71. The van der Waals surface area contributed by atoms with E-state index in [2.05, 4.69) is 46.9 Å². The minimum Gasteiger partial charge on any atom is -0.328 e. The molecule has 0 saturated heterocycles. The molecule has 4 heteroatoms. The highest BCUT2D eigenvalue weighted by molar-refractivity contribution is 9.11. The molecule has 1 aromatic rings. The van der Waals surface area contributed by atoms with E-state index in [1.54, 1.807) is 11.3 Å². The maximum atomic E-state index is 5.71. The number of thiophene rings is 1. The van der Waals surface area contributed by atoms with Crippen LogP contribution >= 0.6 is 27.3 Å². The molecule has 2 nitrogen and oxygen atoms in total. The molecule has 0 spiro atoms. The van der Waals surface area contributed by atoms with Gasteiger partial charge in [-0.15, -0.1) is 11.3 Å². The van der Waals surface area contributed by atoms with Gasteiger partial charge in [0.15, 0.2) is 0 Å². The van der Waals surface area contributed by atoms with Gasteiger partial charge < -0.3 is 10.6 Å². The normalized spacial score (nSPS) is 13.5. The van der Waals surface area contributed by atoms with Crippen molar-refractivity contribution in [3.05, 3.63) is 20.8 Å². The highest BCUT2D eigenvalue weighted by atomic mass is 79.9. The van der Waals surface area contributed by atoms with Crippen molar-refractivity contribution in [2.75, 3.05) is 13.6 Å². The van der Waals surface area contributed by atoms with Crippen LogP contribution in [0.2, 0.25) is 0 Å². The van der Waals surface area contributed by atoms with Gasteiger partial charge in [-0.25, -0.2) is 0 Å². The van der Waals surface area contributed by atoms with Gasteiger partial charge in [0.2, 0.25) is 0 Å². The molecule has 1 unspecified atom stereocenters. The van der Waals surface area contributed by atoms with E-state index in [0.29, 0.717) is 6.04 Å². The summed E-state index contributed by atoms with van der Waals surface area (Å²) in [5.41, 5.74) is 5.71. The Morgan fingerprint density at radius 2 is 2.29 bits per heavy atom. The zero-order chi connectivity index (χ0) is 10.6. The lowest BCUT2D eigenvalue weighted by atomic mass is 10.2. The fourth-order valence-corrected chi connectivity index (χ4v) is 2.77. The lowest BCUT2D eigenvalue weighted by Gasteiger charge is -2.16. The van der Waals surface area contributed by atoms with Crippen LogP contribution in [0.5, 0.6) is 0 Å². The molecule has 1 atom stereocenters. The third-order valence-corrected chi connectivity index (χ3v) is 3.63. The van der Waals surface area contributed by atoms with Crippen LogP contribution in [0.3, 0.4) is 0 Å². The van der Waals surface area contributed by atoms with Gasteiger partial charge in [-0.3, -0.25) is 0 Å². The summed E-state index contributed by atoms with van der Waals surface area (Å²) < 4.78 is 1.20. The van der Waals surface area contributed by atoms with Crippen LogP contribution in [-0.2, 0) is 6.54 Å². The topological polar surface area (TPSA) is 29.3 Å². The van der Waals surface area contributed by atoms with Gasteiger partial charge in [0.1, 0.15) is 0 Å². The lowest BCUT2D eigenvalue weighted by Crippen LogP contribution is -2.25. The molecule has 14 heavy (non-hydrogen) atoms. The van der Waals surface area contributed by atoms with Crippen molar-refractivity contribution in [3.63, 3.8) is 0 Å². The van der Waals surface area contributed by atoms with Crippen molar-refractivity contribution in [1.29, 1.82) is 0 Å². The van der Waals surface area contributed by atoms with Gasteiger partial charge in [-0.05, 0) is 55.0 Å². The highest BCUT2D eigenvalue weighted by Gasteiger charge is 2.03. The monoisotopic (exact) mass is 276 g/mol. The molecule has 0 amide bonds. The third-order valence-electron chi connectivity index (χ3n) is 2.02. The van der Waals surface area contributed by atoms with Gasteiger partial charge >= 0.3 is 0 Å². The standard InChI is InChI=1S/C10H17BrN2S/c1-8(12)5-6-13(2)7-9-3-4-10(11)14-9/h3-4,8H,5-7,12H2,1-2H3. The van der Waals surface area contributed by atoms with Crippen molar-refractivity contribution >= 4 is 27.3 Å². The first-order valence-electron chi connectivity index (χ1n) is 4.76. The average Bonchev–Trinajstić information content (AvgIpc) is 2.48. The van der Waals surface area contributed by atoms with E-state index in [1.165, 1.54) is 8.66 Å². The van der Waals surface area contributed by atoms with Crippen LogP contribution in [-0.4, -0.2) is 24.5 Å². The Bertz CT molecular complexity index is 273. The van der Waals surface area contributed by atoms with Crippen LogP contribution < -0.4 is 5.73 Å². The van der Waals surface area contributed by atoms with Gasteiger partial charge in [-0.2, -0.15) is 0 Å². The summed E-state index contributed by atoms with van der Waals surface area (Å²) in [7, 11) is 2.13. The molecule has 0 aliphatic carbocycles. The molecular weight excluding hydrogens is 260 g/mol. The van der Waals surface area contributed by atoms with E-state index < -0.39 is 0 Å². The Kier molecular flexibility index (Phi) is 5.09. The van der Waals surface area contributed by atoms with Gasteiger partial charge in [0, 0.05) is 17.5 Å². The molecule has 0 saturated carbocycles. The van der Waals surface area contributed by atoms with Gasteiger partial charge in [0.05, 0.1) is 3.79 Å². The Labute approximate surface area is 98.2 Å². The number of nitrogens with zero attached hydrogens (tertiary/aromatic N) is 1. The van der Waals surface area contributed by atoms with Crippen molar-refractivity contribution in [2.45, 2.75) is 25.9 Å². The Morgan fingerprint density at radius 3 is 2.79 bits per heavy atom. The van der Waals surface area contributed by atoms with E-state index in [9.17, 15) is 0 Å². The summed E-state index contributed by atoms with van der Waals surface area (Å²) in [6.45, 7) is 4.13. The minimum atomic E-state index is 0.299. The molecular formula is C10H17BrN2S. The largest absolute Gasteiger partial charge is 0.328 e. The predicted octanol–water partition coefficient (Wildman–Crippen LogP) is 2.68. The zero-order valence-electron chi connectivity index (χ0n) is 8.66. The minimum absolute atomic E-state index is 0.299. The van der Waals surface area contributed by atoms with Crippen LogP contribution in [0, 0.1) is 0 Å². The Hall–Kier alpha value is 0.1000. The van der Waals surface area contributed by atoms with Crippen LogP contribution in [0.1, 0.15) is 18.2 Å². The average molecular weight is 277 g/mol. The van der Waals surface area contributed by atoms with Gasteiger partial charge in [-0.1, -0.05) is 0 Å². The lowest BCUT2D eigenvalue weighted by molar-refractivity contribution is 0.316. The SMILES string of the molecule is CC(N)CCN(C)Cc1ccc(Br)s1. The number of hydrogen-bond acceptors (Lipinski definition) is 3. The molecule has 0 fully saturated rings. The molecule has 0 aliphatic heterocycles. The van der Waals surface area contributed by atoms with Gasteiger partial charge in [0.25, 0.3) is 0 Å². The zero-order valence-corrected chi connectivity index (χ0v) is 11.1. The molecule has 0 aliphatic rings. The number of nitrogens with two attached hydrogens (primary N) is 1. The number of rotatable bonds is 5. The first kappa shape index (κ1) is 12.2. The van der Waals surface area contributed by atoms with E-state index in [4.69, 9.17) is 5.73 Å². The van der Waals surface area contributed by atoms with Crippen molar-refractivity contribution in [3.8, 4) is 0 Å². The summed E-state index contributed by atoms with van der Waals surface area (Å²) in [5.74, 6) is 0. The predicted molar refractivity (Wildman–Crippen MR) is 66.6 cm³/mol. The number of halogens is 1. The maximum absolute atomic E-state index is 5.71. The fourth-order valence-electron chi connectivity index (χ4n) is 1.21. The molecule has 0 aromatic carbocycles. The molecule has 2 N–H and O–H groups in total. The van der Waals surface area contributed by atoms with E-state index >= 15 is 0 Å². The molecule has 80 valence electrons. The van der Waals surface area contributed by atoms with Crippen LogP contribution in [0.25, 0.3) is 0 Å². The summed E-state index contributed by atoms with van der Waals surface area (Å²) >= 11 is 5.26. The fraction of sp³-hybridized carbons (Fsp3) is 0.600. The summed E-state index contributed by atoms with van der Waals surface area (Å²) in [6, 6.07) is 4.56. The molecule has 0 radical (unpaired) electrons. The Morgan fingerprint density at radius 1 is 1.57 bits per heavy atom. The van der Waals surface area contributed by atoms with E-state index in [0.717, 1.165) is 19.5 Å². The van der Waals surface area contributed by atoms with Crippen molar-refractivity contribution in [2.24, 2.45) is 5.73 Å². The molecule has 1 aromatic heterocycles. The summed E-state index contributed by atoms with van der Waals surface area (Å²) in [4.78, 5) is 3.70. The highest BCUT2D eigenvalue weighted by Crippen LogP contribution is 2.22. The second kappa shape index (κ2) is 5.85. The third kappa shape index (κ3) is 4.55. The summed E-state index contributed by atoms with van der Waals surface area (Å²) in [6.07, 6.45) is 1.06. The maximum Gasteiger partial charge on any atom is 0.0701 e. The van der Waals surface area contributed by atoms with E-state index in [1.807, 2.05) is 0 Å². The smallest absolute Gasteiger partial charge is 0.0701 e. The van der Waals surface area contributed by atoms with Crippen molar-refractivity contribution in [1.82, 2.24) is 4.90 Å². The quantitative estimate of drug-likeness (QED) is 0.896. The first-order valence-corrected chi connectivity index (χ1v) is 6.37. The molecule has 1 rings (SSSR count). The van der Waals surface area contributed by atoms with Crippen LogP contribution in [0.15, 0.2) is 15.9 Å². The Balaban J connectivity index is 2.30.